The van der Waals surface area contributed by atoms with Crippen molar-refractivity contribution >= 4 is 45.2 Å². The monoisotopic (exact) mass is 477 g/mol. The van der Waals surface area contributed by atoms with Gasteiger partial charge in [0.05, 0.1) is 22.5 Å². The highest BCUT2D eigenvalue weighted by molar-refractivity contribution is 9.10. The lowest BCUT2D eigenvalue weighted by Gasteiger charge is -2.36. The molecule has 4 rings (SSSR count). The molecule has 11 heteroatoms. The summed E-state index contributed by atoms with van der Waals surface area (Å²) in [5.41, 5.74) is 5.56. The second-order valence-corrected chi connectivity index (χ2v) is 7.88. The van der Waals surface area contributed by atoms with E-state index in [1.54, 1.807) is 4.90 Å². The standard InChI is InChI=1S/C19H17BrFN5O4/c1-9(27)24-2-4-25(5-3-24)16-12(20)6-10(7-13(16)21)26-14(28)8-11-15(17(26)22)19(30)23-18(11)29/h6-8H,2-5,22H2,1H3,(H,23,29,30). The van der Waals surface area contributed by atoms with Gasteiger partial charge in [-0.05, 0) is 22.0 Å². The summed E-state index contributed by atoms with van der Waals surface area (Å²) in [6.45, 7) is 3.36. The van der Waals surface area contributed by atoms with Crippen molar-refractivity contribution in [2.45, 2.75) is 6.92 Å². The highest BCUT2D eigenvalue weighted by atomic mass is 79.9. The molecule has 1 saturated heterocycles. The van der Waals surface area contributed by atoms with E-state index in [2.05, 4.69) is 21.2 Å². The molecule has 0 unspecified atom stereocenters. The van der Waals surface area contributed by atoms with Gasteiger partial charge in [0, 0.05) is 49.7 Å². The number of amides is 3. The van der Waals surface area contributed by atoms with E-state index in [0.717, 1.165) is 16.7 Å². The van der Waals surface area contributed by atoms with Gasteiger partial charge in [-0.1, -0.05) is 0 Å². The van der Waals surface area contributed by atoms with Crippen molar-refractivity contribution in [3.05, 3.63) is 50.0 Å². The topological polar surface area (TPSA) is 118 Å². The summed E-state index contributed by atoms with van der Waals surface area (Å²) < 4.78 is 16.4. The number of hydrogen-bond donors (Lipinski definition) is 2. The van der Waals surface area contributed by atoms with Gasteiger partial charge >= 0.3 is 0 Å². The minimum absolute atomic E-state index is 0.0292. The number of anilines is 2. The molecule has 0 radical (unpaired) electrons. The molecule has 30 heavy (non-hydrogen) atoms. The fourth-order valence-corrected chi connectivity index (χ4v) is 4.45. The zero-order valence-corrected chi connectivity index (χ0v) is 17.5. The van der Waals surface area contributed by atoms with E-state index in [-0.39, 0.29) is 28.5 Å². The lowest BCUT2D eigenvalue weighted by molar-refractivity contribution is -0.129. The number of nitrogens with one attached hydrogen (secondary N) is 1. The van der Waals surface area contributed by atoms with Gasteiger partial charge in [0.1, 0.15) is 11.6 Å². The zero-order chi connectivity index (χ0) is 21.7. The first kappa shape index (κ1) is 20.1. The fourth-order valence-electron chi connectivity index (χ4n) is 3.77. The average Bonchev–Trinajstić information content (AvgIpc) is 2.95. The molecule has 1 fully saturated rings. The van der Waals surface area contributed by atoms with Crippen molar-refractivity contribution in [3.63, 3.8) is 0 Å². The van der Waals surface area contributed by atoms with Crippen LogP contribution in [0.15, 0.2) is 27.5 Å². The van der Waals surface area contributed by atoms with Gasteiger partial charge in [0.15, 0.2) is 0 Å². The number of piperazine rings is 1. The van der Waals surface area contributed by atoms with Crippen molar-refractivity contribution in [2.75, 3.05) is 36.8 Å². The van der Waals surface area contributed by atoms with Crippen LogP contribution in [-0.2, 0) is 4.79 Å². The van der Waals surface area contributed by atoms with Gasteiger partial charge in [-0.3, -0.25) is 29.1 Å². The van der Waals surface area contributed by atoms with Gasteiger partial charge < -0.3 is 15.5 Å². The third-order valence-electron chi connectivity index (χ3n) is 5.25. The normalized spacial score (nSPS) is 16.0. The van der Waals surface area contributed by atoms with Crippen molar-refractivity contribution in [2.24, 2.45) is 0 Å². The molecule has 2 aromatic rings. The maximum atomic E-state index is 15.1. The maximum absolute atomic E-state index is 15.1. The summed E-state index contributed by atoms with van der Waals surface area (Å²) in [6.07, 6.45) is 0. The molecule has 0 bridgehead atoms. The van der Waals surface area contributed by atoms with Crippen LogP contribution in [0.2, 0.25) is 0 Å². The van der Waals surface area contributed by atoms with Crippen LogP contribution in [0.1, 0.15) is 27.6 Å². The minimum atomic E-state index is -0.708. The third-order valence-corrected chi connectivity index (χ3v) is 5.86. The van der Waals surface area contributed by atoms with E-state index in [9.17, 15) is 19.2 Å². The van der Waals surface area contributed by atoms with Crippen LogP contribution in [0.5, 0.6) is 0 Å². The van der Waals surface area contributed by atoms with Crippen LogP contribution in [0, 0.1) is 5.82 Å². The summed E-state index contributed by atoms with van der Waals surface area (Å²) in [4.78, 5) is 51.4. The molecule has 3 heterocycles. The lowest BCUT2D eigenvalue weighted by atomic mass is 10.1. The van der Waals surface area contributed by atoms with Crippen molar-refractivity contribution in [3.8, 4) is 5.69 Å². The molecular weight excluding hydrogens is 461 g/mol. The summed E-state index contributed by atoms with van der Waals surface area (Å²) in [7, 11) is 0. The minimum Gasteiger partial charge on any atom is -0.384 e. The van der Waals surface area contributed by atoms with Crippen LogP contribution in [0.3, 0.4) is 0 Å². The van der Waals surface area contributed by atoms with Gasteiger partial charge in [-0.15, -0.1) is 0 Å². The Balaban J connectivity index is 1.74. The number of imide groups is 1. The van der Waals surface area contributed by atoms with Crippen LogP contribution >= 0.6 is 15.9 Å². The van der Waals surface area contributed by atoms with Crippen LogP contribution in [-0.4, -0.2) is 53.4 Å². The number of pyridine rings is 1. The number of rotatable bonds is 2. The van der Waals surface area contributed by atoms with E-state index in [0.29, 0.717) is 36.3 Å². The second-order valence-electron chi connectivity index (χ2n) is 7.03. The maximum Gasteiger partial charge on any atom is 0.262 e. The smallest absolute Gasteiger partial charge is 0.262 e. The molecule has 9 nitrogen and oxygen atoms in total. The first-order chi connectivity index (χ1) is 14.2. The van der Waals surface area contributed by atoms with Gasteiger partial charge in [-0.25, -0.2) is 4.39 Å². The average molecular weight is 478 g/mol. The molecule has 0 saturated carbocycles. The number of hydrogen-bond acceptors (Lipinski definition) is 6. The largest absolute Gasteiger partial charge is 0.384 e. The quantitative estimate of drug-likeness (QED) is 0.619. The molecule has 2 aliphatic heterocycles. The van der Waals surface area contributed by atoms with Crippen molar-refractivity contribution < 1.29 is 18.8 Å². The Hall–Kier alpha value is -3.21. The lowest BCUT2D eigenvalue weighted by Crippen LogP contribution is -2.48. The Morgan fingerprint density at radius 1 is 1.10 bits per heavy atom. The predicted octanol–water partition coefficient (Wildman–Crippen LogP) is 0.873. The van der Waals surface area contributed by atoms with Crippen LogP contribution < -0.4 is 21.5 Å². The second kappa shape index (κ2) is 7.24. The molecule has 2 aliphatic rings. The summed E-state index contributed by atoms with van der Waals surface area (Å²) in [6, 6.07) is 3.68. The Kier molecular flexibility index (Phi) is 4.85. The molecule has 3 N–H and O–H groups in total. The zero-order valence-electron chi connectivity index (χ0n) is 15.9. The molecule has 1 aromatic heterocycles. The SMILES string of the molecule is CC(=O)N1CCN(c2c(F)cc(-n3c(N)c4c(cc3=O)C(=O)NC4=O)cc2Br)CC1. The number of fused-ring (bicyclic) bond motifs is 1. The van der Waals surface area contributed by atoms with E-state index in [4.69, 9.17) is 5.73 Å². The Labute approximate surface area is 178 Å². The number of halogens is 2. The van der Waals surface area contributed by atoms with Gasteiger partial charge in [-0.2, -0.15) is 0 Å². The molecule has 0 spiro atoms. The molecular formula is C19H17BrFN5O4. The van der Waals surface area contributed by atoms with Crippen molar-refractivity contribution in [1.29, 1.82) is 0 Å². The summed E-state index contributed by atoms with van der Waals surface area (Å²) in [5.74, 6) is -2.27. The van der Waals surface area contributed by atoms with Crippen LogP contribution in [0.4, 0.5) is 15.9 Å². The fraction of sp³-hybridized carbons (Fsp3) is 0.263. The van der Waals surface area contributed by atoms with E-state index in [1.165, 1.54) is 13.0 Å². The third kappa shape index (κ3) is 3.15. The highest BCUT2D eigenvalue weighted by Gasteiger charge is 2.32. The number of benzene rings is 1. The van der Waals surface area contributed by atoms with Crippen LogP contribution in [0.25, 0.3) is 5.69 Å². The van der Waals surface area contributed by atoms with Gasteiger partial charge in [0.25, 0.3) is 17.4 Å². The Bertz CT molecular complexity index is 1150. The molecule has 156 valence electrons. The molecule has 0 aliphatic carbocycles. The summed E-state index contributed by atoms with van der Waals surface area (Å²) >= 11 is 3.36. The number of aromatic nitrogens is 1. The Morgan fingerprint density at radius 2 is 1.77 bits per heavy atom. The number of nitrogens with two attached hydrogens (primary N) is 1. The van der Waals surface area contributed by atoms with E-state index >= 15 is 4.39 Å². The first-order valence-electron chi connectivity index (χ1n) is 9.10. The van der Waals surface area contributed by atoms with E-state index in [1.807, 2.05) is 4.90 Å². The number of nitrogen functional groups attached to an aromatic ring is 1. The Morgan fingerprint density at radius 3 is 2.37 bits per heavy atom. The highest BCUT2D eigenvalue weighted by Crippen LogP contribution is 2.33. The molecule has 0 atom stereocenters. The van der Waals surface area contributed by atoms with Gasteiger partial charge in [0.2, 0.25) is 5.91 Å². The molecule has 1 aromatic carbocycles. The number of carbonyl (C=O) groups excluding carboxylic acids is 3. The van der Waals surface area contributed by atoms with Crippen molar-refractivity contribution in [1.82, 2.24) is 14.8 Å². The molecule has 3 amide bonds. The number of nitrogens with zero attached hydrogens (tertiary/aromatic N) is 3. The van der Waals surface area contributed by atoms with E-state index < -0.39 is 23.2 Å². The number of carbonyl (C=O) groups is 3. The summed E-state index contributed by atoms with van der Waals surface area (Å²) in [5, 5.41) is 2.09. The first-order valence-corrected chi connectivity index (χ1v) is 9.89. The predicted molar refractivity (Wildman–Crippen MR) is 110 cm³/mol.